The number of rotatable bonds is 3. The average molecular weight is 402 g/mol. The third-order valence-electron chi connectivity index (χ3n) is 3.31. The highest BCUT2D eigenvalue weighted by molar-refractivity contribution is 9.10. The van der Waals surface area contributed by atoms with Crippen molar-refractivity contribution in [2.24, 2.45) is 0 Å². The molecule has 1 aromatic rings. The van der Waals surface area contributed by atoms with Gasteiger partial charge >= 0.3 is 6.18 Å². The van der Waals surface area contributed by atoms with Gasteiger partial charge in [-0.25, -0.2) is 18.1 Å². The molecule has 1 fully saturated rings. The molecule has 5 nitrogen and oxygen atoms in total. The van der Waals surface area contributed by atoms with Gasteiger partial charge in [0.05, 0.1) is 11.8 Å². The number of nitrogens with one attached hydrogen (secondary N) is 1. The first kappa shape index (κ1) is 17.5. The molecule has 0 spiro atoms. The van der Waals surface area contributed by atoms with E-state index in [9.17, 15) is 21.6 Å². The SMILES string of the molecule is CS(=O)(=O)NC1CCN(c2ncc(Br)cc2C(F)(F)F)CC1. The molecule has 0 bridgehead atoms. The Labute approximate surface area is 135 Å². The van der Waals surface area contributed by atoms with Crippen LogP contribution in [0.15, 0.2) is 16.7 Å². The number of hydrogen-bond acceptors (Lipinski definition) is 4. The summed E-state index contributed by atoms with van der Waals surface area (Å²) in [5.74, 6) is -0.117. The van der Waals surface area contributed by atoms with E-state index in [1.807, 2.05) is 0 Å². The lowest BCUT2D eigenvalue weighted by atomic mass is 10.1. The van der Waals surface area contributed by atoms with Crippen LogP contribution in [0.4, 0.5) is 19.0 Å². The van der Waals surface area contributed by atoms with Gasteiger partial charge in [-0.3, -0.25) is 0 Å². The van der Waals surface area contributed by atoms with Gasteiger partial charge in [-0.1, -0.05) is 0 Å². The number of nitrogens with zero attached hydrogens (tertiary/aromatic N) is 2. The Morgan fingerprint density at radius 2 is 1.95 bits per heavy atom. The van der Waals surface area contributed by atoms with Crippen molar-refractivity contribution in [3.63, 3.8) is 0 Å². The Morgan fingerprint density at radius 1 is 1.36 bits per heavy atom. The Bertz CT molecular complexity index is 644. The zero-order chi connectivity index (χ0) is 16.5. The molecule has 2 rings (SSSR count). The highest BCUT2D eigenvalue weighted by Crippen LogP contribution is 2.37. The van der Waals surface area contributed by atoms with Crippen molar-refractivity contribution < 1.29 is 21.6 Å². The van der Waals surface area contributed by atoms with Crippen LogP contribution in [0.1, 0.15) is 18.4 Å². The number of piperidine rings is 1. The first-order valence-corrected chi connectivity index (χ1v) is 9.20. The molecule has 0 unspecified atom stereocenters. The van der Waals surface area contributed by atoms with E-state index < -0.39 is 21.8 Å². The van der Waals surface area contributed by atoms with Crippen molar-refractivity contribution >= 4 is 31.8 Å². The molecule has 1 aliphatic rings. The number of alkyl halides is 3. The van der Waals surface area contributed by atoms with E-state index >= 15 is 0 Å². The first-order chi connectivity index (χ1) is 10.1. The van der Waals surface area contributed by atoms with Crippen LogP contribution in [-0.2, 0) is 16.2 Å². The maximum Gasteiger partial charge on any atom is 0.419 e. The van der Waals surface area contributed by atoms with Crippen molar-refractivity contribution in [1.82, 2.24) is 9.71 Å². The molecular weight excluding hydrogens is 387 g/mol. The van der Waals surface area contributed by atoms with Crippen molar-refractivity contribution in [2.45, 2.75) is 25.1 Å². The first-order valence-electron chi connectivity index (χ1n) is 6.51. The minimum Gasteiger partial charge on any atom is -0.356 e. The van der Waals surface area contributed by atoms with Crippen LogP contribution in [0, 0.1) is 0 Å². The predicted octanol–water partition coefficient (Wildman–Crippen LogP) is 2.38. The van der Waals surface area contributed by atoms with Crippen molar-refractivity contribution in [3.05, 3.63) is 22.3 Å². The quantitative estimate of drug-likeness (QED) is 0.844. The Balaban J connectivity index is 2.15. The number of sulfonamides is 1. The van der Waals surface area contributed by atoms with Crippen LogP contribution >= 0.6 is 15.9 Å². The fourth-order valence-electron chi connectivity index (χ4n) is 2.40. The Hall–Kier alpha value is -0.870. The van der Waals surface area contributed by atoms with E-state index in [0.717, 1.165) is 12.3 Å². The minimum absolute atomic E-state index is 0.117. The molecule has 0 aromatic carbocycles. The summed E-state index contributed by atoms with van der Waals surface area (Å²) in [4.78, 5) is 5.43. The molecule has 0 aliphatic carbocycles. The van der Waals surface area contributed by atoms with Gasteiger partial charge in [0.1, 0.15) is 5.82 Å². The fraction of sp³-hybridized carbons (Fsp3) is 0.583. The van der Waals surface area contributed by atoms with E-state index in [2.05, 4.69) is 25.6 Å². The Morgan fingerprint density at radius 3 is 2.45 bits per heavy atom. The largest absolute Gasteiger partial charge is 0.419 e. The molecule has 1 saturated heterocycles. The van der Waals surface area contributed by atoms with Gasteiger partial charge in [0.2, 0.25) is 10.0 Å². The zero-order valence-electron chi connectivity index (χ0n) is 11.7. The summed E-state index contributed by atoms with van der Waals surface area (Å²) in [6.45, 7) is 0.621. The molecule has 124 valence electrons. The van der Waals surface area contributed by atoms with E-state index in [1.54, 1.807) is 0 Å². The molecule has 1 aliphatic heterocycles. The second-order valence-corrected chi connectivity index (χ2v) is 7.87. The van der Waals surface area contributed by atoms with Crippen LogP contribution < -0.4 is 9.62 Å². The third kappa shape index (κ3) is 4.56. The highest BCUT2D eigenvalue weighted by Gasteiger charge is 2.37. The van der Waals surface area contributed by atoms with E-state index in [-0.39, 0.29) is 16.3 Å². The molecule has 22 heavy (non-hydrogen) atoms. The standard InChI is InChI=1S/C12H15BrF3N3O2S/c1-22(20,21)18-9-2-4-19(5-3-9)11-10(12(14,15)16)6-8(13)7-17-11/h6-7,9,18H,2-5H2,1H3. The second kappa shape index (κ2) is 6.32. The van der Waals surface area contributed by atoms with Crippen LogP contribution in [0.3, 0.4) is 0 Å². The lowest BCUT2D eigenvalue weighted by Gasteiger charge is -2.34. The summed E-state index contributed by atoms with van der Waals surface area (Å²) in [5.41, 5.74) is -0.795. The third-order valence-corrected chi connectivity index (χ3v) is 4.51. The monoisotopic (exact) mass is 401 g/mol. The number of anilines is 1. The van der Waals surface area contributed by atoms with Crippen LogP contribution in [-0.4, -0.2) is 38.8 Å². The lowest BCUT2D eigenvalue weighted by Crippen LogP contribution is -2.45. The van der Waals surface area contributed by atoms with Gasteiger partial charge in [-0.2, -0.15) is 13.2 Å². The topological polar surface area (TPSA) is 62.3 Å². The summed E-state index contributed by atoms with van der Waals surface area (Å²) >= 11 is 3.00. The molecular formula is C12H15BrF3N3O2S. The summed E-state index contributed by atoms with van der Waals surface area (Å²) in [6, 6.07) is 0.749. The van der Waals surface area contributed by atoms with Gasteiger partial charge < -0.3 is 4.90 Å². The van der Waals surface area contributed by atoms with Gasteiger partial charge in [0.15, 0.2) is 0 Å². The van der Waals surface area contributed by atoms with Crippen LogP contribution in [0.2, 0.25) is 0 Å². The maximum absolute atomic E-state index is 13.1. The zero-order valence-corrected chi connectivity index (χ0v) is 14.1. The van der Waals surface area contributed by atoms with Crippen molar-refractivity contribution in [3.8, 4) is 0 Å². The summed E-state index contributed by atoms with van der Waals surface area (Å²) in [7, 11) is -3.31. The fourth-order valence-corrected chi connectivity index (χ4v) is 3.58. The lowest BCUT2D eigenvalue weighted by molar-refractivity contribution is -0.137. The highest BCUT2D eigenvalue weighted by atomic mass is 79.9. The number of aromatic nitrogens is 1. The summed E-state index contributed by atoms with van der Waals surface area (Å²) in [5, 5.41) is 0. The smallest absolute Gasteiger partial charge is 0.356 e. The van der Waals surface area contributed by atoms with E-state index in [4.69, 9.17) is 0 Å². The molecule has 0 saturated carbocycles. The molecule has 0 amide bonds. The van der Waals surface area contributed by atoms with Gasteiger partial charge in [0, 0.05) is 29.8 Å². The number of hydrogen-bond donors (Lipinski definition) is 1. The van der Waals surface area contributed by atoms with Crippen LogP contribution in [0.5, 0.6) is 0 Å². The number of halogens is 4. The molecule has 0 radical (unpaired) electrons. The Kier molecular flexibility index (Phi) is 5.03. The molecule has 2 heterocycles. The van der Waals surface area contributed by atoms with Crippen molar-refractivity contribution in [2.75, 3.05) is 24.2 Å². The summed E-state index contributed by atoms with van der Waals surface area (Å²) in [6.07, 6.45) is -1.24. The second-order valence-electron chi connectivity index (χ2n) is 5.17. The number of pyridine rings is 1. The minimum atomic E-state index is -4.49. The molecule has 10 heteroatoms. The normalized spacial score (nSPS) is 17.8. The molecule has 1 N–H and O–H groups in total. The molecule has 0 atom stereocenters. The van der Waals surface area contributed by atoms with Crippen LogP contribution in [0.25, 0.3) is 0 Å². The summed E-state index contributed by atoms with van der Waals surface area (Å²) < 4.78 is 64.4. The maximum atomic E-state index is 13.1. The van der Waals surface area contributed by atoms with Gasteiger partial charge in [-0.15, -0.1) is 0 Å². The van der Waals surface area contributed by atoms with Crippen molar-refractivity contribution in [1.29, 1.82) is 0 Å². The van der Waals surface area contributed by atoms with E-state index in [0.29, 0.717) is 25.9 Å². The van der Waals surface area contributed by atoms with Gasteiger partial charge in [-0.05, 0) is 34.8 Å². The molecule has 1 aromatic heterocycles. The van der Waals surface area contributed by atoms with E-state index in [1.165, 1.54) is 11.1 Å². The predicted molar refractivity (Wildman–Crippen MR) is 80.2 cm³/mol. The van der Waals surface area contributed by atoms with Gasteiger partial charge in [0.25, 0.3) is 0 Å². The average Bonchev–Trinajstić information content (AvgIpc) is 2.37.